The molecule has 3 atom stereocenters. The third-order valence-electron chi connectivity index (χ3n) is 3.52. The van der Waals surface area contributed by atoms with E-state index in [0.717, 1.165) is 31.2 Å². The number of rotatable bonds is 7. The predicted octanol–water partition coefficient (Wildman–Crippen LogP) is 1.06. The van der Waals surface area contributed by atoms with Crippen molar-refractivity contribution in [3.05, 3.63) is 0 Å². The first-order valence-corrected chi connectivity index (χ1v) is 6.05. The van der Waals surface area contributed by atoms with Crippen LogP contribution >= 0.6 is 0 Å². The lowest BCUT2D eigenvalue weighted by atomic mass is 10.0. The molecule has 0 aromatic heterocycles. The fraction of sp³-hybridized carbons (Fsp3) is 1.00. The Labute approximate surface area is 93.6 Å². The molecule has 1 rings (SSSR count). The van der Waals surface area contributed by atoms with Crippen LogP contribution in [0.5, 0.6) is 0 Å². The molecule has 0 aromatic rings. The summed E-state index contributed by atoms with van der Waals surface area (Å²) < 4.78 is 0. The van der Waals surface area contributed by atoms with E-state index in [1.165, 1.54) is 13.0 Å². The van der Waals surface area contributed by atoms with Crippen LogP contribution in [0.4, 0.5) is 0 Å². The third-order valence-corrected chi connectivity index (χ3v) is 3.52. The summed E-state index contributed by atoms with van der Waals surface area (Å²) >= 11 is 0. The van der Waals surface area contributed by atoms with Crippen molar-refractivity contribution in [2.45, 2.75) is 38.7 Å². The molecule has 3 N–H and O–H groups in total. The van der Waals surface area contributed by atoms with Gasteiger partial charge in [0, 0.05) is 13.1 Å². The van der Waals surface area contributed by atoms with E-state index in [-0.39, 0.29) is 0 Å². The predicted molar refractivity (Wildman–Crippen MR) is 63.7 cm³/mol. The van der Waals surface area contributed by atoms with Gasteiger partial charge in [0.15, 0.2) is 0 Å². The number of hydrogen-bond donors (Lipinski definition) is 2. The van der Waals surface area contributed by atoms with Crippen molar-refractivity contribution >= 4 is 0 Å². The van der Waals surface area contributed by atoms with Crippen LogP contribution < -0.4 is 5.73 Å². The molecule has 1 aliphatic carbocycles. The van der Waals surface area contributed by atoms with Crippen molar-refractivity contribution < 1.29 is 5.11 Å². The van der Waals surface area contributed by atoms with Gasteiger partial charge in [-0.3, -0.25) is 0 Å². The maximum absolute atomic E-state index is 9.73. The normalized spacial score (nSPS) is 29.2. The Morgan fingerprint density at radius 1 is 1.53 bits per heavy atom. The van der Waals surface area contributed by atoms with E-state index in [9.17, 15) is 5.11 Å². The fourth-order valence-electron chi connectivity index (χ4n) is 1.98. The molecule has 3 unspecified atom stereocenters. The second-order valence-corrected chi connectivity index (χ2v) is 5.54. The largest absolute Gasteiger partial charge is 0.389 e. The Morgan fingerprint density at radius 3 is 2.60 bits per heavy atom. The highest BCUT2D eigenvalue weighted by Crippen LogP contribution is 2.37. The van der Waals surface area contributed by atoms with Crippen molar-refractivity contribution in [2.24, 2.45) is 17.6 Å². The molecule has 15 heavy (non-hydrogen) atoms. The quantitative estimate of drug-likeness (QED) is 0.666. The Balaban J connectivity index is 2.04. The summed E-state index contributed by atoms with van der Waals surface area (Å²) in [6.07, 6.45) is 3.22. The van der Waals surface area contributed by atoms with Crippen LogP contribution in [0.2, 0.25) is 0 Å². The molecule has 1 fully saturated rings. The third kappa shape index (κ3) is 4.96. The first kappa shape index (κ1) is 12.9. The number of nitrogens with two attached hydrogens (primary N) is 1. The highest BCUT2D eigenvalue weighted by molar-refractivity contribution is 4.84. The number of hydrogen-bond acceptors (Lipinski definition) is 3. The van der Waals surface area contributed by atoms with Crippen LogP contribution in [0.3, 0.4) is 0 Å². The number of aliphatic hydroxyl groups is 1. The molecule has 0 spiro atoms. The van der Waals surface area contributed by atoms with Gasteiger partial charge in [0.2, 0.25) is 0 Å². The molecule has 0 bridgehead atoms. The molecule has 0 aromatic carbocycles. The summed E-state index contributed by atoms with van der Waals surface area (Å²) in [7, 11) is 2.17. The van der Waals surface area contributed by atoms with Crippen LogP contribution in [0.15, 0.2) is 0 Å². The first-order chi connectivity index (χ1) is 6.94. The SMILES string of the molecule is CC1CC1CN(C)CCCC(C)(O)CN. The van der Waals surface area contributed by atoms with Crippen LogP contribution in [-0.4, -0.2) is 42.3 Å². The first-order valence-electron chi connectivity index (χ1n) is 6.05. The zero-order valence-electron chi connectivity index (χ0n) is 10.4. The Morgan fingerprint density at radius 2 is 2.13 bits per heavy atom. The zero-order chi connectivity index (χ0) is 11.5. The van der Waals surface area contributed by atoms with Gasteiger partial charge in [-0.15, -0.1) is 0 Å². The standard InChI is InChI=1S/C12H26N2O/c1-10-7-11(10)8-14(3)6-4-5-12(2,15)9-13/h10-11,15H,4-9,13H2,1-3H3. The summed E-state index contributed by atoms with van der Waals surface area (Å²) in [6.45, 7) is 6.77. The van der Waals surface area contributed by atoms with Gasteiger partial charge in [0.1, 0.15) is 0 Å². The Bertz CT molecular complexity index is 194. The summed E-state index contributed by atoms with van der Waals surface area (Å²) in [4.78, 5) is 2.38. The van der Waals surface area contributed by atoms with E-state index in [0.29, 0.717) is 6.54 Å². The van der Waals surface area contributed by atoms with Gasteiger partial charge in [-0.2, -0.15) is 0 Å². The molecular weight excluding hydrogens is 188 g/mol. The fourth-order valence-corrected chi connectivity index (χ4v) is 1.98. The van der Waals surface area contributed by atoms with Gasteiger partial charge >= 0.3 is 0 Å². The highest BCUT2D eigenvalue weighted by Gasteiger charge is 2.32. The monoisotopic (exact) mass is 214 g/mol. The maximum Gasteiger partial charge on any atom is 0.0741 e. The van der Waals surface area contributed by atoms with Crippen molar-refractivity contribution in [1.29, 1.82) is 0 Å². The van der Waals surface area contributed by atoms with E-state index >= 15 is 0 Å². The smallest absolute Gasteiger partial charge is 0.0741 e. The van der Waals surface area contributed by atoms with Gasteiger partial charge < -0.3 is 15.7 Å². The molecule has 0 amide bonds. The van der Waals surface area contributed by atoms with Gasteiger partial charge in [0.25, 0.3) is 0 Å². The summed E-state index contributed by atoms with van der Waals surface area (Å²) in [5.74, 6) is 1.85. The van der Waals surface area contributed by atoms with Crippen molar-refractivity contribution in [3.63, 3.8) is 0 Å². The van der Waals surface area contributed by atoms with Crippen LogP contribution in [-0.2, 0) is 0 Å². The molecule has 0 radical (unpaired) electrons. The highest BCUT2D eigenvalue weighted by atomic mass is 16.3. The van der Waals surface area contributed by atoms with E-state index in [4.69, 9.17) is 5.73 Å². The van der Waals surface area contributed by atoms with Crippen LogP contribution in [0.25, 0.3) is 0 Å². The van der Waals surface area contributed by atoms with E-state index < -0.39 is 5.60 Å². The van der Waals surface area contributed by atoms with E-state index in [1.54, 1.807) is 0 Å². The molecule has 1 saturated carbocycles. The molecule has 0 aliphatic heterocycles. The lowest BCUT2D eigenvalue weighted by Gasteiger charge is -2.23. The molecule has 90 valence electrons. The molecule has 3 heteroatoms. The second kappa shape index (κ2) is 5.28. The van der Waals surface area contributed by atoms with Crippen LogP contribution in [0, 0.1) is 11.8 Å². The van der Waals surface area contributed by atoms with Crippen molar-refractivity contribution in [1.82, 2.24) is 4.90 Å². The maximum atomic E-state index is 9.73. The van der Waals surface area contributed by atoms with Gasteiger partial charge in [-0.25, -0.2) is 0 Å². The minimum atomic E-state index is -0.673. The molecule has 0 heterocycles. The Hall–Kier alpha value is -0.120. The number of nitrogens with zero attached hydrogens (tertiary/aromatic N) is 1. The zero-order valence-corrected chi connectivity index (χ0v) is 10.4. The van der Waals surface area contributed by atoms with Crippen molar-refractivity contribution in [3.8, 4) is 0 Å². The molecular formula is C12H26N2O. The van der Waals surface area contributed by atoms with E-state index in [2.05, 4.69) is 18.9 Å². The summed E-state index contributed by atoms with van der Waals surface area (Å²) in [6, 6.07) is 0. The lowest BCUT2D eigenvalue weighted by molar-refractivity contribution is 0.0551. The lowest BCUT2D eigenvalue weighted by Crippen LogP contribution is -2.35. The van der Waals surface area contributed by atoms with Gasteiger partial charge in [-0.05, 0) is 51.6 Å². The molecule has 0 saturated heterocycles. The van der Waals surface area contributed by atoms with E-state index in [1.807, 2.05) is 6.92 Å². The average Bonchev–Trinajstić information content (AvgIpc) is 2.81. The van der Waals surface area contributed by atoms with Gasteiger partial charge in [-0.1, -0.05) is 6.92 Å². The Kier molecular flexibility index (Phi) is 4.56. The summed E-state index contributed by atoms with van der Waals surface area (Å²) in [5, 5.41) is 9.73. The van der Waals surface area contributed by atoms with Crippen LogP contribution in [0.1, 0.15) is 33.1 Å². The summed E-state index contributed by atoms with van der Waals surface area (Å²) in [5.41, 5.74) is 4.80. The van der Waals surface area contributed by atoms with Gasteiger partial charge in [0.05, 0.1) is 5.60 Å². The molecule has 3 nitrogen and oxygen atoms in total. The minimum Gasteiger partial charge on any atom is -0.389 e. The van der Waals surface area contributed by atoms with Crippen molar-refractivity contribution in [2.75, 3.05) is 26.7 Å². The minimum absolute atomic E-state index is 0.358. The topological polar surface area (TPSA) is 49.5 Å². The second-order valence-electron chi connectivity index (χ2n) is 5.54. The molecule has 1 aliphatic rings. The average molecular weight is 214 g/mol.